The molecule has 0 bridgehead atoms. The van der Waals surface area contributed by atoms with E-state index in [9.17, 15) is 0 Å². The maximum Gasteiger partial charge on any atom is 1.00 e. The monoisotopic (exact) mass is 152 g/mol. The van der Waals surface area contributed by atoms with Crippen LogP contribution in [0, 0.1) is 12.8 Å². The van der Waals surface area contributed by atoms with Crippen molar-refractivity contribution in [3.8, 4) is 6.42 Å². The van der Waals surface area contributed by atoms with Crippen LogP contribution in [0.5, 0.6) is 0 Å². The Morgan fingerprint density at radius 2 is 1.67 bits per heavy atom. The van der Waals surface area contributed by atoms with E-state index in [1.807, 2.05) is 0 Å². The van der Waals surface area contributed by atoms with E-state index < -0.39 is 0 Å². The van der Waals surface area contributed by atoms with Crippen molar-refractivity contribution in [2.75, 3.05) is 0 Å². The van der Waals surface area contributed by atoms with E-state index in [1.54, 1.807) is 0 Å². The quantitative estimate of drug-likeness (QED) is 0.314. The number of rotatable bonds is 2. The molecule has 0 radical (unpaired) electrons. The van der Waals surface area contributed by atoms with Gasteiger partial charge in [-0.1, -0.05) is 43.7 Å². The Labute approximate surface area is 87.6 Å². The number of aryl methyl sites for hydroxylation is 1. The Bertz CT molecular complexity index is 189. The summed E-state index contributed by atoms with van der Waals surface area (Å²) in [5, 5.41) is 0. The summed E-state index contributed by atoms with van der Waals surface area (Å²) >= 11 is 0. The summed E-state index contributed by atoms with van der Waals surface area (Å²) < 4.78 is 0. The van der Waals surface area contributed by atoms with Gasteiger partial charge < -0.3 is 12.8 Å². The third-order valence-corrected chi connectivity index (χ3v) is 1.38. The molecule has 0 saturated heterocycles. The maximum absolute atomic E-state index is 5.25. The molecule has 12 heavy (non-hydrogen) atoms. The van der Waals surface area contributed by atoms with Gasteiger partial charge in [-0.2, -0.15) is 0 Å². The minimum Gasteiger partial charge on any atom is -0.697 e. The van der Waals surface area contributed by atoms with E-state index in [2.05, 4.69) is 43.7 Å². The molecule has 0 heterocycles. The molecule has 0 N–H and O–H groups in total. The second-order valence-electron chi connectivity index (χ2n) is 2.24. The molecular weight excluding hydrogens is 139 g/mol. The fourth-order valence-electron chi connectivity index (χ4n) is 0.933. The summed E-state index contributed by atoms with van der Waals surface area (Å²) in [6.07, 6.45) is 11.4. The molecule has 1 aromatic carbocycles. The van der Waals surface area contributed by atoms with Gasteiger partial charge in [0.25, 0.3) is 0 Å². The second kappa shape index (κ2) is 10.4. The first kappa shape index (κ1) is 13.9. The maximum atomic E-state index is 5.25. The minimum atomic E-state index is 0. The number of hydrogen-bond acceptors (Lipinski definition) is 0. The van der Waals surface area contributed by atoms with Crippen LogP contribution in [0.2, 0.25) is 0 Å². The SMILES string of the molecule is CCCc1ccccc1.[C-]#C.[Li+]. The third kappa shape index (κ3) is 6.11. The van der Waals surface area contributed by atoms with Crippen LogP contribution >= 0.6 is 0 Å². The standard InChI is InChI=1S/C9H12.C2H.Li/c1-2-6-9-7-4-3-5-8-9;1-2;/h3-5,7-8H,2,6H2,1H3;1H;/q;-1;+1. The molecule has 0 aliphatic carbocycles. The van der Waals surface area contributed by atoms with Gasteiger partial charge >= 0.3 is 18.9 Å². The fraction of sp³-hybridized carbons (Fsp3) is 0.273. The van der Waals surface area contributed by atoms with Crippen LogP contribution in [0.15, 0.2) is 30.3 Å². The first-order valence-corrected chi connectivity index (χ1v) is 3.76. The van der Waals surface area contributed by atoms with Crippen molar-refractivity contribution >= 4 is 0 Å². The molecule has 1 rings (SSSR count). The summed E-state index contributed by atoms with van der Waals surface area (Å²) in [6.45, 7) is 2.20. The third-order valence-electron chi connectivity index (χ3n) is 1.38. The Balaban J connectivity index is 0. The van der Waals surface area contributed by atoms with E-state index >= 15 is 0 Å². The van der Waals surface area contributed by atoms with Gasteiger partial charge in [0.1, 0.15) is 0 Å². The van der Waals surface area contributed by atoms with E-state index in [-0.39, 0.29) is 18.9 Å². The molecule has 0 amide bonds. The zero-order valence-corrected chi connectivity index (χ0v) is 7.88. The van der Waals surface area contributed by atoms with Crippen LogP contribution in [0.4, 0.5) is 0 Å². The largest absolute Gasteiger partial charge is 1.00 e. The van der Waals surface area contributed by atoms with Crippen LogP contribution in [0.3, 0.4) is 0 Å². The van der Waals surface area contributed by atoms with E-state index in [4.69, 9.17) is 6.42 Å². The zero-order valence-electron chi connectivity index (χ0n) is 7.88. The van der Waals surface area contributed by atoms with Gasteiger partial charge in [0.15, 0.2) is 0 Å². The molecule has 0 saturated carbocycles. The van der Waals surface area contributed by atoms with E-state index in [1.165, 1.54) is 18.4 Å². The molecule has 0 atom stereocenters. The minimum absolute atomic E-state index is 0. The summed E-state index contributed by atoms with van der Waals surface area (Å²) in [4.78, 5) is 0. The molecule has 0 unspecified atom stereocenters. The summed E-state index contributed by atoms with van der Waals surface area (Å²) in [7, 11) is 0. The van der Waals surface area contributed by atoms with Gasteiger partial charge in [0.05, 0.1) is 0 Å². The van der Waals surface area contributed by atoms with E-state index in [0.717, 1.165) is 0 Å². The van der Waals surface area contributed by atoms with Gasteiger partial charge in [-0.15, -0.1) is 0 Å². The summed E-state index contributed by atoms with van der Waals surface area (Å²) in [6, 6.07) is 10.6. The van der Waals surface area contributed by atoms with Crippen molar-refractivity contribution in [3.05, 3.63) is 42.3 Å². The van der Waals surface area contributed by atoms with Crippen LogP contribution in [0.25, 0.3) is 0 Å². The van der Waals surface area contributed by atoms with Crippen molar-refractivity contribution in [1.29, 1.82) is 0 Å². The molecular formula is C11H13Li. The van der Waals surface area contributed by atoms with E-state index in [0.29, 0.717) is 0 Å². The molecule has 0 aromatic heterocycles. The van der Waals surface area contributed by atoms with Crippen molar-refractivity contribution in [2.24, 2.45) is 0 Å². The molecule has 1 aromatic rings. The van der Waals surface area contributed by atoms with Gasteiger partial charge in [0.2, 0.25) is 0 Å². The summed E-state index contributed by atoms with van der Waals surface area (Å²) in [5.41, 5.74) is 1.44. The molecule has 1 heteroatoms. The average Bonchev–Trinajstić information content (AvgIpc) is 2.11. The topological polar surface area (TPSA) is 0 Å². The number of terminal acetylenes is 1. The van der Waals surface area contributed by atoms with Crippen LogP contribution in [-0.4, -0.2) is 0 Å². The number of hydrogen-bond donors (Lipinski definition) is 0. The van der Waals surface area contributed by atoms with Gasteiger partial charge in [-0.25, -0.2) is 0 Å². The van der Waals surface area contributed by atoms with Crippen molar-refractivity contribution < 1.29 is 18.9 Å². The van der Waals surface area contributed by atoms with Crippen LogP contribution in [-0.2, 0) is 6.42 Å². The first-order valence-electron chi connectivity index (χ1n) is 3.76. The Morgan fingerprint density at radius 1 is 1.17 bits per heavy atom. The van der Waals surface area contributed by atoms with Crippen molar-refractivity contribution in [2.45, 2.75) is 19.8 Å². The van der Waals surface area contributed by atoms with Gasteiger partial charge in [0, 0.05) is 0 Å². The number of benzene rings is 1. The van der Waals surface area contributed by atoms with Crippen LogP contribution in [0.1, 0.15) is 18.9 Å². The molecule has 0 spiro atoms. The molecule has 0 aliphatic heterocycles. The van der Waals surface area contributed by atoms with Crippen molar-refractivity contribution in [3.63, 3.8) is 0 Å². The Kier molecular flexibility index (Phi) is 12.0. The molecule has 0 nitrogen and oxygen atoms in total. The molecule has 0 fully saturated rings. The Morgan fingerprint density at radius 3 is 2.08 bits per heavy atom. The van der Waals surface area contributed by atoms with Crippen molar-refractivity contribution in [1.82, 2.24) is 0 Å². The smallest absolute Gasteiger partial charge is 0.697 e. The first-order chi connectivity index (χ1) is 5.43. The molecule has 0 aliphatic rings. The zero-order chi connectivity index (χ0) is 8.53. The van der Waals surface area contributed by atoms with Gasteiger partial charge in [-0.05, 0) is 12.0 Å². The van der Waals surface area contributed by atoms with Crippen LogP contribution < -0.4 is 18.9 Å². The second-order valence-corrected chi connectivity index (χ2v) is 2.24. The predicted octanol–water partition coefficient (Wildman–Crippen LogP) is -0.151. The molecule has 58 valence electrons. The average molecular weight is 152 g/mol. The fourth-order valence-corrected chi connectivity index (χ4v) is 0.933. The normalized spacial score (nSPS) is 7.25. The van der Waals surface area contributed by atoms with Gasteiger partial charge in [-0.3, -0.25) is 0 Å². The Hall–Kier alpha value is -0.623. The summed E-state index contributed by atoms with van der Waals surface area (Å²) in [5.74, 6) is 0. The predicted molar refractivity (Wildman–Crippen MR) is 48.6 cm³/mol.